The van der Waals surface area contributed by atoms with Gasteiger partial charge in [-0.2, -0.15) is 4.31 Å². The van der Waals surface area contributed by atoms with Gasteiger partial charge in [0.05, 0.1) is 37.4 Å². The summed E-state index contributed by atoms with van der Waals surface area (Å²) in [7, 11) is -7.80. The third-order valence-corrected chi connectivity index (χ3v) is 11.4. The van der Waals surface area contributed by atoms with E-state index in [1.165, 1.54) is 32.9 Å². The van der Waals surface area contributed by atoms with Crippen molar-refractivity contribution in [2.24, 2.45) is 0 Å². The molecule has 0 saturated carbocycles. The summed E-state index contributed by atoms with van der Waals surface area (Å²) in [5, 5.41) is 2.90. The monoisotopic (exact) mass is 618 g/mol. The fraction of sp³-hybridized carbons (Fsp3) is 0.345. The Morgan fingerprint density at radius 2 is 1.44 bits per heavy atom. The molecule has 1 N–H and O–H groups in total. The Hall–Kier alpha value is -3.12. The van der Waals surface area contributed by atoms with Gasteiger partial charge in [-0.1, -0.05) is 43.6 Å². The smallest absolute Gasteiger partial charge is 0.264 e. The van der Waals surface area contributed by atoms with Gasteiger partial charge in [-0.05, 0) is 68.3 Å². The van der Waals surface area contributed by atoms with E-state index in [9.17, 15) is 21.6 Å². The molecule has 0 bridgehead atoms. The standard InChI is InChI=1S/C29H35ClN4O5S2/c1-4-33(5-2)40(36,37)24-15-17-28(32-18-10-11-19-32)27(21-24)31-29(35)25-20-23(14-16-26(25)30)41(38,39)34(6-3)22-12-8-7-9-13-22/h7-9,12-17,20-21H,4-6,10-11,18-19H2,1-3H3,(H,31,35). The van der Waals surface area contributed by atoms with Crippen LogP contribution in [0.4, 0.5) is 17.1 Å². The second-order valence-electron chi connectivity index (χ2n) is 9.56. The highest BCUT2D eigenvalue weighted by molar-refractivity contribution is 7.92. The second kappa shape index (κ2) is 12.8. The Kier molecular flexibility index (Phi) is 9.63. The number of hydrogen-bond acceptors (Lipinski definition) is 6. The lowest BCUT2D eigenvalue weighted by molar-refractivity contribution is 0.102. The van der Waals surface area contributed by atoms with Crippen LogP contribution in [-0.4, -0.2) is 59.8 Å². The maximum absolute atomic E-state index is 13.6. The quantitative estimate of drug-likeness (QED) is 0.307. The van der Waals surface area contributed by atoms with Crippen LogP contribution in [0.2, 0.25) is 5.02 Å². The number of para-hydroxylation sites is 1. The molecule has 0 atom stereocenters. The van der Waals surface area contributed by atoms with Gasteiger partial charge in [-0.15, -0.1) is 0 Å². The fourth-order valence-corrected chi connectivity index (χ4v) is 8.15. The molecule has 9 nitrogen and oxygen atoms in total. The number of carbonyl (C=O) groups is 1. The SMILES string of the molecule is CCN(CC)S(=O)(=O)c1ccc(N2CCCC2)c(NC(=O)c2cc(S(=O)(=O)N(CC)c3ccccc3)ccc2Cl)c1. The molecule has 4 rings (SSSR count). The van der Waals surface area contributed by atoms with Crippen molar-refractivity contribution in [2.75, 3.05) is 47.2 Å². The average molecular weight is 619 g/mol. The number of nitrogens with one attached hydrogen (secondary N) is 1. The van der Waals surface area contributed by atoms with E-state index in [1.54, 1.807) is 63.2 Å². The molecule has 1 aliphatic rings. The topological polar surface area (TPSA) is 107 Å². The molecule has 0 radical (unpaired) electrons. The first-order valence-electron chi connectivity index (χ1n) is 13.6. The zero-order chi connectivity index (χ0) is 29.8. The zero-order valence-electron chi connectivity index (χ0n) is 23.4. The zero-order valence-corrected chi connectivity index (χ0v) is 25.8. The Balaban J connectivity index is 1.73. The molecule has 220 valence electrons. The first-order chi connectivity index (χ1) is 19.5. The van der Waals surface area contributed by atoms with Crippen LogP contribution in [0, 0.1) is 0 Å². The van der Waals surface area contributed by atoms with Gasteiger partial charge in [0.1, 0.15) is 0 Å². The van der Waals surface area contributed by atoms with E-state index in [1.807, 2.05) is 0 Å². The Labute approximate surface area is 247 Å². The van der Waals surface area contributed by atoms with Crippen LogP contribution in [0.3, 0.4) is 0 Å². The number of hydrogen-bond donors (Lipinski definition) is 1. The fourth-order valence-electron chi connectivity index (χ4n) is 4.96. The van der Waals surface area contributed by atoms with E-state index in [-0.39, 0.29) is 26.9 Å². The number of sulfonamides is 2. The molecule has 3 aromatic rings. The van der Waals surface area contributed by atoms with Crippen molar-refractivity contribution in [2.45, 2.75) is 43.4 Å². The molecule has 41 heavy (non-hydrogen) atoms. The van der Waals surface area contributed by atoms with E-state index in [0.717, 1.165) is 25.9 Å². The lowest BCUT2D eigenvalue weighted by atomic mass is 10.2. The summed E-state index contributed by atoms with van der Waals surface area (Å²) < 4.78 is 56.3. The van der Waals surface area contributed by atoms with Gasteiger partial charge in [0.2, 0.25) is 10.0 Å². The van der Waals surface area contributed by atoms with E-state index >= 15 is 0 Å². The minimum Gasteiger partial charge on any atom is -0.370 e. The average Bonchev–Trinajstić information content (AvgIpc) is 3.49. The van der Waals surface area contributed by atoms with Crippen LogP contribution < -0.4 is 14.5 Å². The molecule has 3 aromatic carbocycles. The van der Waals surface area contributed by atoms with Crippen LogP contribution in [0.1, 0.15) is 44.0 Å². The second-order valence-corrected chi connectivity index (χ2v) is 13.8. The van der Waals surface area contributed by atoms with Gasteiger partial charge >= 0.3 is 0 Å². The summed E-state index contributed by atoms with van der Waals surface area (Å²) in [6.45, 7) is 7.60. The molecule has 1 heterocycles. The molecule has 0 aliphatic carbocycles. The minimum absolute atomic E-state index is 0.0405. The molecule has 0 unspecified atom stereocenters. The summed E-state index contributed by atoms with van der Waals surface area (Å²) >= 11 is 6.41. The molecule has 0 aromatic heterocycles. The summed E-state index contributed by atoms with van der Waals surface area (Å²) in [6.07, 6.45) is 1.96. The number of nitrogens with zero attached hydrogens (tertiary/aromatic N) is 3. The molecular weight excluding hydrogens is 584 g/mol. The van der Waals surface area contributed by atoms with Crippen LogP contribution >= 0.6 is 11.6 Å². The Morgan fingerprint density at radius 1 is 0.829 bits per heavy atom. The lowest BCUT2D eigenvalue weighted by Crippen LogP contribution is -2.31. The van der Waals surface area contributed by atoms with Crippen molar-refractivity contribution in [3.63, 3.8) is 0 Å². The molecule has 1 fully saturated rings. The van der Waals surface area contributed by atoms with Gasteiger partial charge in [0.25, 0.3) is 15.9 Å². The Morgan fingerprint density at radius 3 is 2.05 bits per heavy atom. The molecule has 1 saturated heterocycles. The minimum atomic E-state index is -4.01. The van der Waals surface area contributed by atoms with Crippen LogP contribution in [-0.2, 0) is 20.0 Å². The van der Waals surface area contributed by atoms with Crippen molar-refractivity contribution in [3.8, 4) is 0 Å². The maximum Gasteiger partial charge on any atom is 0.264 e. The van der Waals surface area contributed by atoms with E-state index < -0.39 is 26.0 Å². The first kappa shape index (κ1) is 30.8. The summed E-state index contributed by atoms with van der Waals surface area (Å²) in [6, 6.07) is 17.4. The van der Waals surface area contributed by atoms with Gasteiger partial charge in [0.15, 0.2) is 0 Å². The number of amides is 1. The third kappa shape index (κ3) is 6.38. The van der Waals surface area contributed by atoms with Crippen molar-refractivity contribution in [3.05, 3.63) is 77.3 Å². The molecule has 1 aliphatic heterocycles. The number of benzene rings is 3. The maximum atomic E-state index is 13.6. The highest BCUT2D eigenvalue weighted by Gasteiger charge is 2.28. The molecule has 12 heteroatoms. The van der Waals surface area contributed by atoms with Crippen molar-refractivity contribution in [1.29, 1.82) is 0 Å². The predicted octanol–water partition coefficient (Wildman–Crippen LogP) is 5.44. The van der Waals surface area contributed by atoms with Crippen molar-refractivity contribution in [1.82, 2.24) is 4.31 Å². The largest absolute Gasteiger partial charge is 0.370 e. The van der Waals surface area contributed by atoms with Gasteiger partial charge in [-0.25, -0.2) is 16.8 Å². The van der Waals surface area contributed by atoms with Crippen LogP contribution in [0.25, 0.3) is 0 Å². The van der Waals surface area contributed by atoms with E-state index in [2.05, 4.69) is 10.2 Å². The number of anilines is 3. The molecule has 0 spiro atoms. The predicted molar refractivity (Wildman–Crippen MR) is 164 cm³/mol. The molecule has 1 amide bonds. The first-order valence-corrected chi connectivity index (χ1v) is 16.9. The Bertz CT molecular complexity index is 1610. The summed E-state index contributed by atoms with van der Waals surface area (Å²) in [4.78, 5) is 15.7. The molecular formula is C29H35ClN4O5S2. The number of rotatable bonds is 11. The highest BCUT2D eigenvalue weighted by atomic mass is 35.5. The van der Waals surface area contributed by atoms with Crippen LogP contribution in [0.15, 0.2) is 76.5 Å². The third-order valence-electron chi connectivity index (χ3n) is 7.11. The van der Waals surface area contributed by atoms with E-state index in [0.29, 0.717) is 30.2 Å². The van der Waals surface area contributed by atoms with Crippen molar-refractivity contribution < 1.29 is 21.6 Å². The number of halogens is 1. The van der Waals surface area contributed by atoms with Gasteiger partial charge in [0, 0.05) is 32.7 Å². The van der Waals surface area contributed by atoms with Gasteiger partial charge < -0.3 is 10.2 Å². The normalized spacial score (nSPS) is 13.9. The van der Waals surface area contributed by atoms with E-state index in [4.69, 9.17) is 11.6 Å². The summed E-state index contributed by atoms with van der Waals surface area (Å²) in [5.74, 6) is -0.646. The van der Waals surface area contributed by atoms with Gasteiger partial charge in [-0.3, -0.25) is 9.10 Å². The summed E-state index contributed by atoms with van der Waals surface area (Å²) in [5.41, 5.74) is 1.46. The number of carbonyl (C=O) groups excluding carboxylic acids is 1. The van der Waals surface area contributed by atoms with Crippen LogP contribution in [0.5, 0.6) is 0 Å². The lowest BCUT2D eigenvalue weighted by Gasteiger charge is -2.24. The highest BCUT2D eigenvalue weighted by Crippen LogP contribution is 2.34. The van der Waals surface area contributed by atoms with Crippen molar-refractivity contribution >= 4 is 54.6 Å².